The molecule has 29 heavy (non-hydrogen) atoms. The van der Waals surface area contributed by atoms with Crippen LogP contribution in [-0.4, -0.2) is 38.5 Å². The highest BCUT2D eigenvalue weighted by Gasteiger charge is 2.28. The SMILES string of the molecule is CC1CCC(C)N1c1cccc(N=C(CC(=N)c2ccccc2)c2ncc[nH]2)n1. The summed E-state index contributed by atoms with van der Waals surface area (Å²) in [6.45, 7) is 4.49. The lowest BCUT2D eigenvalue weighted by Crippen LogP contribution is -2.33. The minimum atomic E-state index is 0.375. The maximum atomic E-state index is 8.51. The highest BCUT2D eigenvalue weighted by atomic mass is 15.3. The number of aliphatic imine (C=N–C) groups is 1. The number of hydrogen-bond acceptors (Lipinski definition) is 5. The zero-order valence-electron chi connectivity index (χ0n) is 16.8. The zero-order chi connectivity index (χ0) is 20.2. The quantitative estimate of drug-likeness (QED) is 0.599. The summed E-state index contributed by atoms with van der Waals surface area (Å²) in [5, 5.41) is 8.51. The van der Waals surface area contributed by atoms with Crippen LogP contribution in [0.25, 0.3) is 0 Å². The molecule has 1 fully saturated rings. The van der Waals surface area contributed by atoms with E-state index in [1.807, 2.05) is 42.5 Å². The van der Waals surface area contributed by atoms with Gasteiger partial charge in [-0.2, -0.15) is 0 Å². The zero-order valence-corrected chi connectivity index (χ0v) is 16.8. The first kappa shape index (κ1) is 19.1. The van der Waals surface area contributed by atoms with Gasteiger partial charge >= 0.3 is 0 Å². The van der Waals surface area contributed by atoms with E-state index in [1.165, 1.54) is 12.8 Å². The van der Waals surface area contributed by atoms with Gasteiger partial charge in [-0.05, 0) is 44.4 Å². The molecule has 0 spiro atoms. The minimum absolute atomic E-state index is 0.375. The van der Waals surface area contributed by atoms with Crippen LogP contribution in [0, 0.1) is 5.41 Å². The van der Waals surface area contributed by atoms with E-state index in [0.717, 1.165) is 11.4 Å². The van der Waals surface area contributed by atoms with Crippen LogP contribution in [-0.2, 0) is 0 Å². The lowest BCUT2D eigenvalue weighted by Gasteiger charge is -2.27. The predicted molar refractivity (Wildman–Crippen MR) is 118 cm³/mol. The average molecular weight is 387 g/mol. The molecule has 0 amide bonds. The summed E-state index contributed by atoms with van der Waals surface area (Å²) in [5.41, 5.74) is 2.09. The largest absolute Gasteiger partial charge is 0.351 e. The summed E-state index contributed by atoms with van der Waals surface area (Å²) >= 11 is 0. The summed E-state index contributed by atoms with van der Waals surface area (Å²) in [7, 11) is 0. The van der Waals surface area contributed by atoms with Crippen molar-refractivity contribution >= 4 is 23.1 Å². The first-order chi connectivity index (χ1) is 14.1. The van der Waals surface area contributed by atoms with Gasteiger partial charge in [0, 0.05) is 36.6 Å². The lowest BCUT2D eigenvalue weighted by atomic mass is 10.0. The maximum Gasteiger partial charge on any atom is 0.154 e. The Labute approximate surface area is 171 Å². The van der Waals surface area contributed by atoms with Crippen LogP contribution in [0.5, 0.6) is 0 Å². The molecular weight excluding hydrogens is 360 g/mol. The number of anilines is 1. The van der Waals surface area contributed by atoms with Gasteiger partial charge in [0.2, 0.25) is 0 Å². The van der Waals surface area contributed by atoms with Crippen molar-refractivity contribution in [2.24, 2.45) is 4.99 Å². The number of pyridine rings is 1. The minimum Gasteiger partial charge on any atom is -0.351 e. The van der Waals surface area contributed by atoms with Gasteiger partial charge in [-0.1, -0.05) is 36.4 Å². The predicted octanol–water partition coefficient (Wildman–Crippen LogP) is 4.76. The molecule has 148 valence electrons. The summed E-state index contributed by atoms with van der Waals surface area (Å²) in [5.74, 6) is 2.27. The van der Waals surface area contributed by atoms with E-state index in [-0.39, 0.29) is 0 Å². The normalized spacial score (nSPS) is 19.5. The number of hydrogen-bond donors (Lipinski definition) is 2. The lowest BCUT2D eigenvalue weighted by molar-refractivity contribution is 0.683. The fourth-order valence-electron chi connectivity index (χ4n) is 3.91. The number of aromatic amines is 1. The number of rotatable bonds is 6. The number of nitrogens with one attached hydrogen (secondary N) is 2. The van der Waals surface area contributed by atoms with Crippen molar-refractivity contribution in [1.82, 2.24) is 15.0 Å². The highest BCUT2D eigenvalue weighted by molar-refractivity contribution is 6.16. The Morgan fingerprint density at radius 2 is 1.86 bits per heavy atom. The molecule has 2 unspecified atom stereocenters. The third kappa shape index (κ3) is 4.26. The van der Waals surface area contributed by atoms with Crippen molar-refractivity contribution in [2.75, 3.05) is 4.90 Å². The molecule has 0 saturated carbocycles. The number of nitrogens with zero attached hydrogens (tertiary/aromatic N) is 4. The molecule has 2 atom stereocenters. The van der Waals surface area contributed by atoms with E-state index in [2.05, 4.69) is 34.8 Å². The summed E-state index contributed by atoms with van der Waals surface area (Å²) < 4.78 is 0. The third-order valence-electron chi connectivity index (χ3n) is 5.42. The van der Waals surface area contributed by atoms with E-state index in [4.69, 9.17) is 15.4 Å². The van der Waals surface area contributed by atoms with Gasteiger partial charge in [-0.25, -0.2) is 15.0 Å². The van der Waals surface area contributed by atoms with Gasteiger partial charge in [0.25, 0.3) is 0 Å². The monoisotopic (exact) mass is 386 g/mol. The van der Waals surface area contributed by atoms with Crippen molar-refractivity contribution in [2.45, 2.75) is 45.2 Å². The first-order valence-corrected chi connectivity index (χ1v) is 10.1. The van der Waals surface area contributed by atoms with Crippen molar-refractivity contribution in [3.8, 4) is 0 Å². The molecule has 3 aromatic rings. The molecule has 1 aliphatic heterocycles. The van der Waals surface area contributed by atoms with Gasteiger partial charge in [0.1, 0.15) is 5.82 Å². The number of aromatic nitrogens is 3. The number of benzene rings is 1. The Bertz CT molecular complexity index is 983. The third-order valence-corrected chi connectivity index (χ3v) is 5.42. The number of imidazole rings is 1. The topological polar surface area (TPSA) is 81.0 Å². The van der Waals surface area contributed by atoms with Crippen LogP contribution in [0.1, 0.15) is 44.5 Å². The molecule has 3 heterocycles. The molecule has 1 aromatic carbocycles. The maximum absolute atomic E-state index is 8.51. The Morgan fingerprint density at radius 1 is 1.10 bits per heavy atom. The van der Waals surface area contributed by atoms with E-state index >= 15 is 0 Å². The van der Waals surface area contributed by atoms with Gasteiger partial charge in [-0.3, -0.25) is 0 Å². The molecule has 1 saturated heterocycles. The molecule has 0 radical (unpaired) electrons. The van der Waals surface area contributed by atoms with Crippen LogP contribution < -0.4 is 4.90 Å². The summed E-state index contributed by atoms with van der Waals surface area (Å²) in [6, 6.07) is 16.6. The highest BCUT2D eigenvalue weighted by Crippen LogP contribution is 2.30. The van der Waals surface area contributed by atoms with E-state index < -0.39 is 0 Å². The van der Waals surface area contributed by atoms with Crippen LogP contribution in [0.2, 0.25) is 0 Å². The van der Waals surface area contributed by atoms with E-state index in [1.54, 1.807) is 12.4 Å². The van der Waals surface area contributed by atoms with Crippen LogP contribution in [0.3, 0.4) is 0 Å². The molecule has 2 aromatic heterocycles. The standard InChI is InChI=1S/C23H26N6/c1-16-11-12-17(2)29(16)22-10-6-9-21(28-22)27-20(23-25-13-14-26-23)15-19(24)18-7-4-3-5-8-18/h3-10,13-14,16-17,24H,11-12,15H2,1-2H3,(H,25,26). The Balaban J connectivity index is 1.65. The van der Waals surface area contributed by atoms with Gasteiger partial charge in [0.15, 0.2) is 11.6 Å². The second-order valence-electron chi connectivity index (χ2n) is 7.55. The van der Waals surface area contributed by atoms with Gasteiger partial charge in [0.05, 0.1) is 5.71 Å². The fraction of sp³-hybridized carbons (Fsp3) is 0.304. The van der Waals surface area contributed by atoms with Crippen LogP contribution >= 0.6 is 0 Å². The molecule has 0 bridgehead atoms. The summed E-state index contributed by atoms with van der Waals surface area (Å²) in [6.07, 6.45) is 6.22. The van der Waals surface area contributed by atoms with E-state index in [0.29, 0.717) is 41.6 Å². The molecule has 0 aliphatic carbocycles. The molecule has 1 aliphatic rings. The molecule has 4 rings (SSSR count). The van der Waals surface area contributed by atoms with Crippen molar-refractivity contribution < 1.29 is 0 Å². The van der Waals surface area contributed by atoms with Crippen molar-refractivity contribution in [3.05, 3.63) is 72.3 Å². The van der Waals surface area contributed by atoms with Crippen LogP contribution in [0.4, 0.5) is 11.6 Å². The summed E-state index contributed by atoms with van der Waals surface area (Å²) in [4.78, 5) is 19.5. The Hall–Kier alpha value is -3.28. The second-order valence-corrected chi connectivity index (χ2v) is 7.55. The molecular formula is C23H26N6. The number of H-pyrrole nitrogens is 1. The van der Waals surface area contributed by atoms with E-state index in [9.17, 15) is 0 Å². The molecule has 2 N–H and O–H groups in total. The average Bonchev–Trinajstić information content (AvgIpc) is 3.38. The Morgan fingerprint density at radius 3 is 2.55 bits per heavy atom. The van der Waals surface area contributed by atoms with Gasteiger partial charge in [-0.15, -0.1) is 0 Å². The van der Waals surface area contributed by atoms with Crippen molar-refractivity contribution in [3.63, 3.8) is 0 Å². The molecule has 6 heteroatoms. The Kier molecular flexibility index (Phi) is 5.51. The molecule has 6 nitrogen and oxygen atoms in total. The van der Waals surface area contributed by atoms with Crippen LogP contribution in [0.15, 0.2) is 65.9 Å². The first-order valence-electron chi connectivity index (χ1n) is 10.1. The fourth-order valence-corrected chi connectivity index (χ4v) is 3.91. The van der Waals surface area contributed by atoms with Crippen molar-refractivity contribution in [1.29, 1.82) is 5.41 Å². The second kappa shape index (κ2) is 8.39. The van der Waals surface area contributed by atoms with Gasteiger partial charge < -0.3 is 15.3 Å². The smallest absolute Gasteiger partial charge is 0.154 e.